The van der Waals surface area contributed by atoms with Crippen LogP contribution in [0.15, 0.2) is 78.9 Å². The third kappa shape index (κ3) is 6.43. The van der Waals surface area contributed by atoms with E-state index in [9.17, 15) is 24.6 Å². The molecular weight excluding hydrogens is 574 g/mol. The molecule has 2 heterocycles. The Balaban J connectivity index is 1.31. The molecule has 0 unspecified atom stereocenters. The summed E-state index contributed by atoms with van der Waals surface area (Å²) in [5.41, 5.74) is 1.01. The lowest BCUT2D eigenvalue weighted by Crippen LogP contribution is -2.44. The topological polar surface area (TPSA) is 129 Å². The molecule has 3 atom stereocenters. The number of aliphatic hydroxyl groups is 2. The normalized spacial score (nSPS) is 19.9. The number of hydrogen-bond donors (Lipinski definition) is 3. The van der Waals surface area contributed by atoms with Crippen molar-refractivity contribution in [3.8, 4) is 11.5 Å². The maximum atomic E-state index is 14.0. The van der Waals surface area contributed by atoms with Crippen molar-refractivity contribution < 1.29 is 34.1 Å². The Morgan fingerprint density at radius 3 is 2.40 bits per heavy atom. The molecule has 0 saturated carbocycles. The SMILES string of the molecule is COc1ccc(C(=O)Nc2ccc(CN3C(=O)[C@](O)([C@H](C)/C=C/CC(=O)N4CCC[C@H]4CO)c4cc(OC)ccc43)cc2)cc1. The van der Waals surface area contributed by atoms with Crippen LogP contribution >= 0.6 is 0 Å². The molecule has 3 aromatic carbocycles. The van der Waals surface area contributed by atoms with Crippen molar-refractivity contribution in [1.82, 2.24) is 4.90 Å². The zero-order valence-corrected chi connectivity index (χ0v) is 25.7. The number of carbonyl (C=O) groups is 3. The minimum absolute atomic E-state index is 0.0599. The van der Waals surface area contributed by atoms with Gasteiger partial charge in [-0.2, -0.15) is 0 Å². The molecule has 0 radical (unpaired) electrons. The molecule has 10 heteroatoms. The second-order valence-electron chi connectivity index (χ2n) is 11.4. The molecule has 0 bridgehead atoms. The first kappa shape index (κ1) is 31.7. The van der Waals surface area contributed by atoms with Crippen LogP contribution in [0.25, 0.3) is 0 Å². The molecule has 3 N–H and O–H groups in total. The van der Waals surface area contributed by atoms with Crippen molar-refractivity contribution in [3.63, 3.8) is 0 Å². The number of carbonyl (C=O) groups excluding carboxylic acids is 3. The van der Waals surface area contributed by atoms with Crippen molar-refractivity contribution in [2.75, 3.05) is 37.6 Å². The van der Waals surface area contributed by atoms with Crippen LogP contribution in [0, 0.1) is 5.92 Å². The van der Waals surface area contributed by atoms with Crippen LogP contribution in [-0.2, 0) is 21.7 Å². The van der Waals surface area contributed by atoms with E-state index in [1.807, 2.05) is 12.1 Å². The third-order valence-corrected chi connectivity index (χ3v) is 8.67. The standard InChI is InChI=1S/C35H39N3O7/c1-23(6-4-8-32(40)37-19-5-7-27(37)22-39)35(43)30-20-29(45-3)17-18-31(30)38(34(35)42)21-24-9-13-26(14-10-24)36-33(41)25-11-15-28(44-2)16-12-25/h4,6,9-18,20,23,27,39,43H,5,7-8,19,21-22H2,1-3H3,(H,36,41)/b6-4+/t23-,27+,35+/m1/s1. The Labute approximate surface area is 262 Å². The molecule has 3 amide bonds. The van der Waals surface area contributed by atoms with Gasteiger partial charge in [0.15, 0.2) is 5.60 Å². The van der Waals surface area contributed by atoms with E-state index in [1.165, 1.54) is 7.11 Å². The van der Waals surface area contributed by atoms with Crippen molar-refractivity contribution in [1.29, 1.82) is 0 Å². The molecule has 1 fully saturated rings. The summed E-state index contributed by atoms with van der Waals surface area (Å²) in [6.45, 7) is 2.50. The van der Waals surface area contributed by atoms with Crippen molar-refractivity contribution >= 4 is 29.1 Å². The lowest BCUT2D eigenvalue weighted by molar-refractivity contribution is -0.139. The van der Waals surface area contributed by atoms with Gasteiger partial charge in [0.25, 0.3) is 11.8 Å². The Hall–Kier alpha value is -4.67. The van der Waals surface area contributed by atoms with Crippen LogP contribution in [0.5, 0.6) is 11.5 Å². The maximum Gasteiger partial charge on any atom is 0.264 e. The molecule has 45 heavy (non-hydrogen) atoms. The van der Waals surface area contributed by atoms with Crippen LogP contribution in [0.3, 0.4) is 0 Å². The minimum Gasteiger partial charge on any atom is -0.497 e. The third-order valence-electron chi connectivity index (χ3n) is 8.67. The summed E-state index contributed by atoms with van der Waals surface area (Å²) in [4.78, 5) is 42.6. The molecule has 10 nitrogen and oxygen atoms in total. The predicted octanol–water partition coefficient (Wildman–Crippen LogP) is 4.26. The fourth-order valence-corrected chi connectivity index (χ4v) is 6.02. The fourth-order valence-electron chi connectivity index (χ4n) is 6.02. The second-order valence-corrected chi connectivity index (χ2v) is 11.4. The number of hydrogen-bond acceptors (Lipinski definition) is 7. The number of aliphatic hydroxyl groups excluding tert-OH is 1. The van der Waals surface area contributed by atoms with Gasteiger partial charge in [0, 0.05) is 35.7 Å². The van der Waals surface area contributed by atoms with Gasteiger partial charge in [-0.3, -0.25) is 14.4 Å². The van der Waals surface area contributed by atoms with E-state index in [2.05, 4.69) is 5.32 Å². The summed E-state index contributed by atoms with van der Waals surface area (Å²) in [6.07, 6.45) is 5.15. The number of fused-ring (bicyclic) bond motifs is 1. The van der Waals surface area contributed by atoms with Crippen LogP contribution < -0.4 is 19.7 Å². The number of likely N-dealkylation sites (tertiary alicyclic amines) is 1. The highest BCUT2D eigenvalue weighted by molar-refractivity contribution is 6.07. The monoisotopic (exact) mass is 613 g/mol. The van der Waals surface area contributed by atoms with E-state index in [4.69, 9.17) is 9.47 Å². The molecular formula is C35H39N3O7. The van der Waals surface area contributed by atoms with Gasteiger partial charge < -0.3 is 34.8 Å². The van der Waals surface area contributed by atoms with E-state index in [1.54, 1.807) is 90.6 Å². The summed E-state index contributed by atoms with van der Waals surface area (Å²) in [7, 11) is 3.09. The molecule has 0 aromatic heterocycles. The molecule has 0 aliphatic carbocycles. The number of anilines is 2. The van der Waals surface area contributed by atoms with Crippen molar-refractivity contribution in [3.05, 3.63) is 95.6 Å². The van der Waals surface area contributed by atoms with Crippen LogP contribution in [-0.4, -0.2) is 66.2 Å². The fraction of sp³-hybridized carbons (Fsp3) is 0.343. The number of benzene rings is 3. The Morgan fingerprint density at radius 1 is 1.04 bits per heavy atom. The van der Waals surface area contributed by atoms with Gasteiger partial charge >= 0.3 is 0 Å². The Kier molecular flexibility index (Phi) is 9.55. The quantitative estimate of drug-likeness (QED) is 0.276. The molecule has 2 aliphatic heterocycles. The second kappa shape index (κ2) is 13.5. The maximum absolute atomic E-state index is 14.0. The minimum atomic E-state index is -1.88. The van der Waals surface area contributed by atoms with Crippen LogP contribution in [0.4, 0.5) is 11.4 Å². The summed E-state index contributed by atoms with van der Waals surface area (Å²) < 4.78 is 10.6. The van der Waals surface area contributed by atoms with E-state index < -0.39 is 17.4 Å². The van der Waals surface area contributed by atoms with Gasteiger partial charge in [-0.1, -0.05) is 31.2 Å². The number of nitrogens with zero attached hydrogens (tertiary/aromatic N) is 2. The first-order valence-corrected chi connectivity index (χ1v) is 15.0. The van der Waals surface area contributed by atoms with E-state index in [0.29, 0.717) is 40.5 Å². The Bertz CT molecular complexity index is 1570. The average molecular weight is 614 g/mol. The highest BCUT2D eigenvalue weighted by Gasteiger charge is 2.52. The van der Waals surface area contributed by atoms with Gasteiger partial charge in [0.1, 0.15) is 11.5 Å². The van der Waals surface area contributed by atoms with Gasteiger partial charge in [0.2, 0.25) is 5.91 Å². The summed E-state index contributed by atoms with van der Waals surface area (Å²) in [6, 6.07) is 19.0. The zero-order valence-electron chi connectivity index (χ0n) is 25.7. The highest BCUT2D eigenvalue weighted by atomic mass is 16.5. The van der Waals surface area contributed by atoms with E-state index in [-0.39, 0.29) is 37.4 Å². The summed E-state index contributed by atoms with van der Waals surface area (Å²) in [5, 5.41) is 24.4. The zero-order chi connectivity index (χ0) is 32.1. The lowest BCUT2D eigenvalue weighted by Gasteiger charge is -2.28. The van der Waals surface area contributed by atoms with Gasteiger partial charge in [-0.25, -0.2) is 0 Å². The predicted molar refractivity (Wildman–Crippen MR) is 170 cm³/mol. The number of rotatable bonds is 11. The van der Waals surface area contributed by atoms with E-state index in [0.717, 1.165) is 18.4 Å². The molecule has 5 rings (SSSR count). The molecule has 1 saturated heterocycles. The van der Waals surface area contributed by atoms with Gasteiger partial charge in [-0.05, 0) is 73.0 Å². The molecule has 3 aromatic rings. The van der Waals surface area contributed by atoms with Crippen molar-refractivity contribution in [2.45, 2.75) is 44.4 Å². The van der Waals surface area contributed by atoms with Gasteiger partial charge in [0.05, 0.1) is 39.1 Å². The number of methoxy groups -OCH3 is 2. The first-order chi connectivity index (χ1) is 21.7. The largest absolute Gasteiger partial charge is 0.497 e. The Morgan fingerprint density at radius 2 is 1.73 bits per heavy atom. The average Bonchev–Trinajstić information content (AvgIpc) is 3.63. The first-order valence-electron chi connectivity index (χ1n) is 15.0. The molecule has 2 aliphatic rings. The summed E-state index contributed by atoms with van der Waals surface area (Å²) >= 11 is 0. The van der Waals surface area contributed by atoms with E-state index >= 15 is 0 Å². The summed E-state index contributed by atoms with van der Waals surface area (Å²) in [5.74, 6) is -0.316. The number of ether oxygens (including phenoxy) is 2. The molecule has 236 valence electrons. The van der Waals surface area contributed by atoms with Crippen molar-refractivity contribution in [2.24, 2.45) is 5.92 Å². The number of amides is 3. The molecule has 0 spiro atoms. The van der Waals surface area contributed by atoms with Crippen LogP contribution in [0.1, 0.15) is 47.7 Å². The lowest BCUT2D eigenvalue weighted by atomic mass is 9.83. The highest BCUT2D eigenvalue weighted by Crippen LogP contribution is 2.47. The number of nitrogens with one attached hydrogen (secondary N) is 1. The van der Waals surface area contributed by atoms with Crippen LogP contribution in [0.2, 0.25) is 0 Å². The van der Waals surface area contributed by atoms with Gasteiger partial charge in [-0.15, -0.1) is 0 Å². The smallest absolute Gasteiger partial charge is 0.264 e.